The zero-order valence-corrected chi connectivity index (χ0v) is 12.9. The third kappa shape index (κ3) is 3.68. The lowest BCUT2D eigenvalue weighted by atomic mass is 10.2. The average Bonchev–Trinajstić information content (AvgIpc) is 2.93. The molecule has 0 radical (unpaired) electrons. The topological polar surface area (TPSA) is 56.5 Å². The first-order valence-corrected chi connectivity index (χ1v) is 7.16. The van der Waals surface area contributed by atoms with Crippen LogP contribution in [0.3, 0.4) is 0 Å². The summed E-state index contributed by atoms with van der Waals surface area (Å²) >= 11 is 6.19. The maximum absolute atomic E-state index is 9.18. The minimum Gasteiger partial charge on any atom is -0.493 e. The van der Waals surface area contributed by atoms with Crippen LogP contribution in [0, 0.1) is 0 Å². The fourth-order valence-electron chi connectivity index (χ4n) is 2.06. The van der Waals surface area contributed by atoms with E-state index in [1.165, 1.54) is 0 Å². The summed E-state index contributed by atoms with van der Waals surface area (Å²) in [5.74, 6) is 0.980. The Morgan fingerprint density at radius 3 is 2.86 bits per heavy atom. The van der Waals surface area contributed by atoms with Crippen LogP contribution in [0.1, 0.15) is 24.6 Å². The SMILES string of the molecule is CCCn1cncc1COc1c(Cl)cc(CO)cc1OC. The van der Waals surface area contributed by atoms with Gasteiger partial charge >= 0.3 is 0 Å². The van der Waals surface area contributed by atoms with Gasteiger partial charge < -0.3 is 19.1 Å². The predicted octanol–water partition coefficient (Wildman–Crippen LogP) is 3.03. The highest BCUT2D eigenvalue weighted by Crippen LogP contribution is 2.36. The number of rotatable bonds is 7. The minimum atomic E-state index is -0.0976. The van der Waals surface area contributed by atoms with Gasteiger partial charge in [-0.15, -0.1) is 0 Å². The number of aliphatic hydroxyl groups is 1. The Kier molecular flexibility index (Phi) is 5.47. The molecule has 0 spiro atoms. The number of aliphatic hydroxyl groups excluding tert-OH is 1. The zero-order valence-electron chi connectivity index (χ0n) is 12.2. The van der Waals surface area contributed by atoms with E-state index in [1.54, 1.807) is 31.8 Å². The van der Waals surface area contributed by atoms with E-state index in [-0.39, 0.29) is 6.61 Å². The van der Waals surface area contributed by atoms with Crippen molar-refractivity contribution in [3.63, 3.8) is 0 Å². The number of hydrogen-bond acceptors (Lipinski definition) is 4. The molecule has 1 aromatic carbocycles. The molecule has 0 saturated heterocycles. The molecule has 0 unspecified atom stereocenters. The molecule has 0 aliphatic heterocycles. The molecule has 1 heterocycles. The number of imidazole rings is 1. The van der Waals surface area contributed by atoms with Gasteiger partial charge in [-0.3, -0.25) is 0 Å². The first-order valence-electron chi connectivity index (χ1n) is 6.78. The quantitative estimate of drug-likeness (QED) is 0.854. The molecule has 0 atom stereocenters. The monoisotopic (exact) mass is 310 g/mol. The molecule has 0 aliphatic carbocycles. The average molecular weight is 311 g/mol. The van der Waals surface area contributed by atoms with Crippen LogP contribution < -0.4 is 9.47 Å². The smallest absolute Gasteiger partial charge is 0.180 e. The van der Waals surface area contributed by atoms with E-state index in [2.05, 4.69) is 11.9 Å². The van der Waals surface area contributed by atoms with Crippen molar-refractivity contribution in [1.82, 2.24) is 9.55 Å². The number of methoxy groups -OCH3 is 1. The Bertz CT molecular complexity index is 599. The number of benzene rings is 1. The van der Waals surface area contributed by atoms with Crippen LogP contribution in [0.15, 0.2) is 24.7 Å². The Hall–Kier alpha value is -1.72. The van der Waals surface area contributed by atoms with Crippen molar-refractivity contribution in [2.45, 2.75) is 33.1 Å². The molecule has 5 nitrogen and oxygen atoms in total. The number of hydrogen-bond donors (Lipinski definition) is 1. The molecular formula is C15H19ClN2O3. The molecule has 21 heavy (non-hydrogen) atoms. The maximum Gasteiger partial charge on any atom is 0.180 e. The number of nitrogens with zero attached hydrogens (tertiary/aromatic N) is 2. The number of ether oxygens (including phenoxy) is 2. The number of halogens is 1. The van der Waals surface area contributed by atoms with Crippen LogP contribution in [0.2, 0.25) is 5.02 Å². The highest BCUT2D eigenvalue weighted by Gasteiger charge is 2.13. The largest absolute Gasteiger partial charge is 0.493 e. The second-order valence-electron chi connectivity index (χ2n) is 4.63. The minimum absolute atomic E-state index is 0.0976. The highest BCUT2D eigenvalue weighted by atomic mass is 35.5. The third-order valence-corrected chi connectivity index (χ3v) is 3.38. The van der Waals surface area contributed by atoms with E-state index in [9.17, 15) is 5.11 Å². The summed E-state index contributed by atoms with van der Waals surface area (Å²) in [5, 5.41) is 9.60. The lowest BCUT2D eigenvalue weighted by Crippen LogP contribution is -2.06. The molecular weight excluding hydrogens is 292 g/mol. The summed E-state index contributed by atoms with van der Waals surface area (Å²) in [5.41, 5.74) is 1.65. The van der Waals surface area contributed by atoms with Gasteiger partial charge in [-0.05, 0) is 24.1 Å². The van der Waals surface area contributed by atoms with Gasteiger partial charge in [0.15, 0.2) is 11.5 Å². The van der Waals surface area contributed by atoms with E-state index in [0.29, 0.717) is 28.7 Å². The van der Waals surface area contributed by atoms with Crippen LogP contribution in [0.4, 0.5) is 0 Å². The van der Waals surface area contributed by atoms with Crippen molar-refractivity contribution in [2.75, 3.05) is 7.11 Å². The van der Waals surface area contributed by atoms with Crippen molar-refractivity contribution in [2.24, 2.45) is 0 Å². The molecule has 2 rings (SSSR count). The van der Waals surface area contributed by atoms with Crippen LogP contribution in [0.25, 0.3) is 0 Å². The van der Waals surface area contributed by atoms with Gasteiger partial charge in [0, 0.05) is 6.54 Å². The number of aryl methyl sites for hydroxylation is 1. The van der Waals surface area contributed by atoms with Crippen LogP contribution >= 0.6 is 11.6 Å². The fraction of sp³-hybridized carbons (Fsp3) is 0.400. The van der Waals surface area contributed by atoms with Gasteiger partial charge in [0.2, 0.25) is 0 Å². The normalized spacial score (nSPS) is 10.7. The second-order valence-corrected chi connectivity index (χ2v) is 5.04. The number of aromatic nitrogens is 2. The first-order chi connectivity index (χ1) is 10.2. The Labute approximate surface area is 129 Å². The first kappa shape index (κ1) is 15.7. The summed E-state index contributed by atoms with van der Waals surface area (Å²) in [6, 6.07) is 3.38. The standard InChI is InChI=1S/C15H19ClN2O3/c1-3-4-18-10-17-7-12(18)9-21-15-13(16)5-11(8-19)6-14(15)20-2/h5-7,10,19H,3-4,8-9H2,1-2H3. The van der Waals surface area contributed by atoms with E-state index < -0.39 is 0 Å². The van der Waals surface area contributed by atoms with Gasteiger partial charge in [-0.1, -0.05) is 18.5 Å². The molecule has 0 fully saturated rings. The molecule has 0 saturated carbocycles. The van der Waals surface area contributed by atoms with E-state index in [4.69, 9.17) is 21.1 Å². The Morgan fingerprint density at radius 2 is 2.19 bits per heavy atom. The summed E-state index contributed by atoms with van der Waals surface area (Å²) in [6.07, 6.45) is 4.59. The second kappa shape index (κ2) is 7.33. The van der Waals surface area contributed by atoms with Crippen molar-refractivity contribution in [1.29, 1.82) is 0 Å². The molecule has 1 aromatic heterocycles. The molecule has 2 aromatic rings. The molecule has 0 amide bonds. The predicted molar refractivity (Wildman–Crippen MR) is 80.8 cm³/mol. The Morgan fingerprint density at radius 1 is 1.38 bits per heavy atom. The highest BCUT2D eigenvalue weighted by molar-refractivity contribution is 6.32. The molecule has 6 heteroatoms. The molecule has 1 N–H and O–H groups in total. The lowest BCUT2D eigenvalue weighted by Gasteiger charge is -2.14. The fourth-order valence-corrected chi connectivity index (χ4v) is 2.35. The third-order valence-electron chi connectivity index (χ3n) is 3.10. The summed E-state index contributed by atoms with van der Waals surface area (Å²) in [7, 11) is 1.54. The van der Waals surface area contributed by atoms with Crippen molar-refractivity contribution in [3.8, 4) is 11.5 Å². The lowest BCUT2D eigenvalue weighted by molar-refractivity contribution is 0.270. The summed E-state index contributed by atoms with van der Waals surface area (Å²) < 4.78 is 13.1. The maximum atomic E-state index is 9.18. The van der Waals surface area contributed by atoms with Gasteiger partial charge in [-0.25, -0.2) is 4.98 Å². The Balaban J connectivity index is 2.17. The van der Waals surface area contributed by atoms with Gasteiger partial charge in [0.05, 0.1) is 37.0 Å². The van der Waals surface area contributed by atoms with E-state index >= 15 is 0 Å². The van der Waals surface area contributed by atoms with Crippen molar-refractivity contribution >= 4 is 11.6 Å². The van der Waals surface area contributed by atoms with Gasteiger partial charge in [0.25, 0.3) is 0 Å². The van der Waals surface area contributed by atoms with E-state index in [0.717, 1.165) is 18.7 Å². The van der Waals surface area contributed by atoms with Crippen LogP contribution in [-0.2, 0) is 19.8 Å². The van der Waals surface area contributed by atoms with Crippen molar-refractivity contribution < 1.29 is 14.6 Å². The molecule has 0 bridgehead atoms. The summed E-state index contributed by atoms with van der Waals surface area (Å²) in [6.45, 7) is 3.26. The van der Waals surface area contributed by atoms with Gasteiger partial charge in [-0.2, -0.15) is 0 Å². The summed E-state index contributed by atoms with van der Waals surface area (Å²) in [4.78, 5) is 4.13. The van der Waals surface area contributed by atoms with Crippen molar-refractivity contribution in [3.05, 3.63) is 40.9 Å². The van der Waals surface area contributed by atoms with Crippen LogP contribution in [0.5, 0.6) is 11.5 Å². The van der Waals surface area contributed by atoms with Crippen LogP contribution in [-0.4, -0.2) is 21.8 Å². The molecule has 114 valence electrons. The zero-order chi connectivity index (χ0) is 15.2. The molecule has 0 aliphatic rings. The van der Waals surface area contributed by atoms with E-state index in [1.807, 2.05) is 4.57 Å². The van der Waals surface area contributed by atoms with Gasteiger partial charge in [0.1, 0.15) is 6.61 Å².